The molecule has 0 saturated carbocycles. The summed E-state index contributed by atoms with van der Waals surface area (Å²) in [5.41, 5.74) is 9.59. The van der Waals surface area contributed by atoms with E-state index in [2.05, 4.69) is 153 Å². The zero-order valence-electron chi connectivity index (χ0n) is 30.1. The zero-order valence-corrected chi connectivity index (χ0v) is 32.4. The monoisotopic (exact) mass is 879 g/mol. The Bertz CT molecular complexity index is 2740. The van der Waals surface area contributed by atoms with Crippen molar-refractivity contribution in [1.29, 1.82) is 0 Å². The molecule has 0 bridgehead atoms. The number of nitrogens with zero attached hydrogens (tertiary/aromatic N) is 4. The molecule has 5 nitrogen and oxygen atoms in total. The molecular weight excluding hydrogens is 844 g/mol. The second kappa shape index (κ2) is 14.4. The minimum atomic E-state index is -0.0118. The Morgan fingerprint density at radius 1 is 0.648 bits per heavy atom. The molecule has 9 aromatic rings. The molecule has 0 saturated heterocycles. The predicted octanol–water partition coefficient (Wildman–Crippen LogP) is 11.1. The van der Waals surface area contributed by atoms with Crippen molar-refractivity contribution in [2.24, 2.45) is 0 Å². The first-order chi connectivity index (χ1) is 25.9. The Kier molecular flexibility index (Phi) is 9.35. The number of para-hydroxylation sites is 1. The molecule has 3 aromatic heterocycles. The molecule has 0 spiro atoms. The molecule has 6 aromatic carbocycles. The Labute approximate surface area is 330 Å². The first kappa shape index (κ1) is 35.0. The van der Waals surface area contributed by atoms with Gasteiger partial charge in [0.2, 0.25) is 0 Å². The van der Waals surface area contributed by atoms with Gasteiger partial charge in [0.05, 0.1) is 5.69 Å². The van der Waals surface area contributed by atoms with Crippen molar-refractivity contribution >= 4 is 21.8 Å². The first-order valence-corrected chi connectivity index (χ1v) is 17.8. The summed E-state index contributed by atoms with van der Waals surface area (Å²) in [6, 6.07) is 57.2. The third-order valence-electron chi connectivity index (χ3n) is 9.66. The van der Waals surface area contributed by atoms with E-state index in [-0.39, 0.29) is 26.5 Å². The normalized spacial score (nSPS) is 11.5. The molecule has 3 heterocycles. The van der Waals surface area contributed by atoms with Gasteiger partial charge in [-0.05, 0) is 68.6 Å². The van der Waals surface area contributed by atoms with Gasteiger partial charge in [0.15, 0.2) is 0 Å². The van der Waals surface area contributed by atoms with Crippen molar-refractivity contribution in [3.63, 3.8) is 0 Å². The average molecular weight is 880 g/mol. The van der Waals surface area contributed by atoms with Crippen LogP contribution in [0.25, 0.3) is 61.3 Å². The molecule has 9 rings (SSSR count). The quantitative estimate of drug-likeness (QED) is 0.118. The molecule has 0 fully saturated rings. The summed E-state index contributed by atoms with van der Waals surface area (Å²) < 4.78 is 12.6. The maximum Gasteiger partial charge on any atom is 0.267 e. The van der Waals surface area contributed by atoms with Gasteiger partial charge in [-0.2, -0.15) is 18.2 Å². The number of aromatic nitrogens is 4. The number of hydrogen-bond donors (Lipinski definition) is 0. The Morgan fingerprint density at radius 2 is 1.39 bits per heavy atom. The summed E-state index contributed by atoms with van der Waals surface area (Å²) in [7, 11) is 0. The maximum absolute atomic E-state index is 6.47. The van der Waals surface area contributed by atoms with Crippen LogP contribution in [0.5, 0.6) is 11.5 Å². The molecule has 6 heteroatoms. The number of imidazole rings is 1. The van der Waals surface area contributed by atoms with Gasteiger partial charge in [0, 0.05) is 56.7 Å². The van der Waals surface area contributed by atoms with Crippen molar-refractivity contribution < 1.29 is 30.4 Å². The Morgan fingerprint density at radius 3 is 2.19 bits per heavy atom. The summed E-state index contributed by atoms with van der Waals surface area (Å²) in [6.45, 7) is 6.66. The number of fused-ring (bicyclic) bond motifs is 3. The second-order valence-corrected chi connectivity index (χ2v) is 14.2. The third-order valence-corrected chi connectivity index (χ3v) is 9.66. The van der Waals surface area contributed by atoms with Crippen LogP contribution >= 0.6 is 0 Å². The van der Waals surface area contributed by atoms with E-state index in [9.17, 15) is 0 Å². The van der Waals surface area contributed by atoms with Crippen molar-refractivity contribution in [2.45, 2.75) is 26.2 Å². The van der Waals surface area contributed by atoms with E-state index in [0.717, 1.165) is 61.3 Å². The second-order valence-electron chi connectivity index (χ2n) is 14.2. The van der Waals surface area contributed by atoms with Crippen LogP contribution in [-0.2, 0) is 26.5 Å². The topological polar surface area (TPSA) is 35.9 Å². The number of pyridine rings is 1. The van der Waals surface area contributed by atoms with Crippen LogP contribution in [0.15, 0.2) is 164 Å². The molecule has 0 aliphatic heterocycles. The molecule has 0 aliphatic carbocycles. The zero-order chi connectivity index (χ0) is 35.9. The van der Waals surface area contributed by atoms with Gasteiger partial charge < -0.3 is 13.9 Å². The fraction of sp³-hybridized carbons (Fsp3) is 0.0833. The number of benzene rings is 6. The number of hydrogen-bond acceptors (Lipinski definition) is 2. The SMILES string of the molecule is CC(C)(C)c1ccnc(-n2c3[c-]c(Oc4[c-]c(-n5[c-][n+](-c6cc(-c7ccccc7)ccc6-c6ccccc6)cc5)ccc4)ccc3c3ccccc32)c1.[Pt]. The first-order valence-electron chi connectivity index (χ1n) is 17.8. The van der Waals surface area contributed by atoms with E-state index in [4.69, 9.17) is 9.72 Å². The van der Waals surface area contributed by atoms with Crippen LogP contribution in [0.2, 0.25) is 0 Å². The van der Waals surface area contributed by atoms with Gasteiger partial charge in [-0.25, -0.2) is 4.98 Å². The molecule has 266 valence electrons. The molecule has 0 radical (unpaired) electrons. The van der Waals surface area contributed by atoms with E-state index < -0.39 is 0 Å². The average Bonchev–Trinajstić information content (AvgIpc) is 3.82. The molecule has 0 unspecified atom stereocenters. The smallest absolute Gasteiger partial charge is 0.267 e. The number of ether oxygens (including phenoxy) is 1. The van der Waals surface area contributed by atoms with Crippen LogP contribution in [-0.4, -0.2) is 14.1 Å². The van der Waals surface area contributed by atoms with Crippen LogP contribution in [0, 0.1) is 18.5 Å². The summed E-state index contributed by atoms with van der Waals surface area (Å²) in [4.78, 5) is 4.81. The van der Waals surface area contributed by atoms with Gasteiger partial charge in [0.25, 0.3) is 6.33 Å². The minimum Gasteiger partial charge on any atom is -0.510 e. The van der Waals surface area contributed by atoms with E-state index in [1.54, 1.807) is 0 Å². The van der Waals surface area contributed by atoms with Gasteiger partial charge in [-0.15, -0.1) is 29.7 Å². The van der Waals surface area contributed by atoms with Gasteiger partial charge >= 0.3 is 0 Å². The molecule has 0 aliphatic rings. The summed E-state index contributed by atoms with van der Waals surface area (Å²) in [5.74, 6) is 2.03. The predicted molar refractivity (Wildman–Crippen MR) is 212 cm³/mol. The fourth-order valence-electron chi connectivity index (χ4n) is 6.92. The maximum atomic E-state index is 6.47. The number of rotatable bonds is 7. The van der Waals surface area contributed by atoms with Crippen LogP contribution in [0.3, 0.4) is 0 Å². The van der Waals surface area contributed by atoms with Crippen molar-refractivity contribution in [2.75, 3.05) is 0 Å². The van der Waals surface area contributed by atoms with Crippen LogP contribution in [0.1, 0.15) is 26.3 Å². The Balaban J connectivity index is 0.00000413. The van der Waals surface area contributed by atoms with Crippen LogP contribution in [0.4, 0.5) is 0 Å². The standard InChI is InChI=1S/C48H36N4O.Pt/c1-48(2,3)37-25-26-49-47(30-37)52-44-20-11-10-19-42(44)43-24-22-40(32-46(43)52)53-39-18-12-17-38(31-39)50-27-28-51(33-50)45-29-36(34-13-6-4-7-14-34)21-23-41(45)35-15-8-5-9-16-35;/h4-30H,1-3H3;/q-2;. The molecule has 0 atom stereocenters. The summed E-state index contributed by atoms with van der Waals surface area (Å²) in [6.07, 6.45) is 9.45. The van der Waals surface area contributed by atoms with Gasteiger partial charge in [-0.3, -0.25) is 4.57 Å². The minimum absolute atomic E-state index is 0. The van der Waals surface area contributed by atoms with E-state index >= 15 is 0 Å². The van der Waals surface area contributed by atoms with Crippen LogP contribution < -0.4 is 9.30 Å². The largest absolute Gasteiger partial charge is 0.510 e. The summed E-state index contributed by atoms with van der Waals surface area (Å²) in [5, 5.41) is 2.23. The molecule has 54 heavy (non-hydrogen) atoms. The molecular formula is C48H36N4OPt-2. The van der Waals surface area contributed by atoms with E-state index in [1.807, 2.05) is 64.1 Å². The third kappa shape index (κ3) is 6.68. The van der Waals surface area contributed by atoms with Crippen molar-refractivity contribution in [1.82, 2.24) is 14.1 Å². The fourth-order valence-corrected chi connectivity index (χ4v) is 6.92. The van der Waals surface area contributed by atoms with E-state index in [0.29, 0.717) is 11.5 Å². The Hall–Kier alpha value is -6.03. The molecule has 0 N–H and O–H groups in total. The van der Waals surface area contributed by atoms with Crippen molar-refractivity contribution in [3.05, 3.63) is 188 Å². The van der Waals surface area contributed by atoms with Crippen molar-refractivity contribution in [3.8, 4) is 50.9 Å². The van der Waals surface area contributed by atoms with Gasteiger partial charge in [-0.1, -0.05) is 117 Å². The van der Waals surface area contributed by atoms with E-state index in [1.165, 1.54) is 5.56 Å². The summed E-state index contributed by atoms with van der Waals surface area (Å²) >= 11 is 0. The van der Waals surface area contributed by atoms with Gasteiger partial charge in [0.1, 0.15) is 5.82 Å². The molecule has 0 amide bonds.